The summed E-state index contributed by atoms with van der Waals surface area (Å²) in [5.41, 5.74) is -0.0626. The van der Waals surface area contributed by atoms with Crippen LogP contribution in [0.15, 0.2) is 42.5 Å². The zero-order valence-electron chi connectivity index (χ0n) is 10.6. The molecule has 2 aromatic rings. The molecule has 0 aliphatic heterocycles. The van der Waals surface area contributed by atoms with Crippen LogP contribution in [0.2, 0.25) is 0 Å². The van der Waals surface area contributed by atoms with Crippen molar-refractivity contribution in [3.05, 3.63) is 64.0 Å². The molecule has 2 rings (SSSR count). The van der Waals surface area contributed by atoms with Crippen LogP contribution in [0, 0.1) is 15.9 Å². The number of nitrogens with zero attached hydrogens (tertiary/aromatic N) is 1. The normalized spacial score (nSPS) is 11.9. The van der Waals surface area contributed by atoms with E-state index in [4.69, 9.17) is 4.74 Å². The number of para-hydroxylation sites is 1. The molecule has 2 aromatic carbocycles. The summed E-state index contributed by atoms with van der Waals surface area (Å²) in [5, 5.41) is 20.1. The van der Waals surface area contributed by atoms with E-state index in [1.165, 1.54) is 6.07 Å². The van der Waals surface area contributed by atoms with Crippen molar-refractivity contribution in [1.29, 1.82) is 0 Å². The fourth-order valence-electron chi connectivity index (χ4n) is 1.74. The van der Waals surface area contributed by atoms with Gasteiger partial charge < -0.3 is 9.84 Å². The molecule has 0 aliphatic rings. The molecular formula is C14H12FNO4. The van der Waals surface area contributed by atoms with Crippen LogP contribution in [-0.2, 0) is 0 Å². The number of aliphatic hydroxyl groups is 1. The third-order valence-electron chi connectivity index (χ3n) is 2.71. The van der Waals surface area contributed by atoms with Crippen LogP contribution in [0.5, 0.6) is 11.5 Å². The van der Waals surface area contributed by atoms with Gasteiger partial charge in [-0.25, -0.2) is 0 Å². The van der Waals surface area contributed by atoms with Crippen LogP contribution in [0.3, 0.4) is 0 Å². The maximum atomic E-state index is 13.5. The first-order valence-corrected chi connectivity index (χ1v) is 5.88. The van der Waals surface area contributed by atoms with Crippen LogP contribution < -0.4 is 4.74 Å². The molecular weight excluding hydrogens is 265 g/mol. The minimum Gasteiger partial charge on any atom is -0.457 e. The van der Waals surface area contributed by atoms with Crippen LogP contribution in [0.25, 0.3) is 0 Å². The van der Waals surface area contributed by atoms with Crippen molar-refractivity contribution < 1.29 is 19.2 Å². The van der Waals surface area contributed by atoms with Gasteiger partial charge in [-0.3, -0.25) is 10.1 Å². The van der Waals surface area contributed by atoms with Crippen LogP contribution in [-0.4, -0.2) is 10.0 Å². The van der Waals surface area contributed by atoms with Crippen molar-refractivity contribution in [3.8, 4) is 11.5 Å². The molecule has 0 amide bonds. The molecule has 0 spiro atoms. The van der Waals surface area contributed by atoms with E-state index in [9.17, 15) is 19.6 Å². The minimum absolute atomic E-state index is 0.126. The van der Waals surface area contributed by atoms with Crippen molar-refractivity contribution >= 4 is 5.69 Å². The maximum absolute atomic E-state index is 13.5. The van der Waals surface area contributed by atoms with Crippen LogP contribution in [0.4, 0.5) is 10.1 Å². The third-order valence-corrected chi connectivity index (χ3v) is 2.71. The summed E-state index contributed by atoms with van der Waals surface area (Å²) in [7, 11) is 0. The largest absolute Gasteiger partial charge is 0.457 e. The minimum atomic E-state index is -0.970. The molecule has 6 heteroatoms. The maximum Gasteiger partial charge on any atom is 0.305 e. The lowest BCUT2D eigenvalue weighted by Crippen LogP contribution is -1.97. The molecule has 0 aliphatic carbocycles. The van der Waals surface area contributed by atoms with E-state index in [1.54, 1.807) is 31.2 Å². The molecule has 1 N–H and O–H groups in total. The van der Waals surface area contributed by atoms with E-state index in [2.05, 4.69) is 0 Å². The summed E-state index contributed by atoms with van der Waals surface area (Å²) >= 11 is 0. The summed E-state index contributed by atoms with van der Waals surface area (Å²) in [6, 6.07) is 10.0. The first kappa shape index (κ1) is 14.0. The fraction of sp³-hybridized carbons (Fsp3) is 0.143. The number of rotatable bonds is 4. The first-order chi connectivity index (χ1) is 9.49. The van der Waals surface area contributed by atoms with E-state index in [0.717, 1.165) is 12.1 Å². The van der Waals surface area contributed by atoms with Gasteiger partial charge in [-0.05, 0) is 19.1 Å². The van der Waals surface area contributed by atoms with Crippen molar-refractivity contribution in [3.63, 3.8) is 0 Å². The Kier molecular flexibility index (Phi) is 3.95. The van der Waals surface area contributed by atoms with E-state index in [0.29, 0.717) is 11.3 Å². The Bertz CT molecular complexity index is 643. The quantitative estimate of drug-likeness (QED) is 0.684. The summed E-state index contributed by atoms with van der Waals surface area (Å²) in [6.07, 6.45) is -0.742. The lowest BCUT2D eigenvalue weighted by molar-refractivity contribution is -0.387. The monoisotopic (exact) mass is 277 g/mol. The highest BCUT2D eigenvalue weighted by Gasteiger charge is 2.15. The number of nitro benzene ring substituents is 1. The zero-order valence-corrected chi connectivity index (χ0v) is 10.6. The van der Waals surface area contributed by atoms with Gasteiger partial charge in [0.05, 0.1) is 11.0 Å². The number of hydrogen-bond acceptors (Lipinski definition) is 4. The molecule has 20 heavy (non-hydrogen) atoms. The van der Waals surface area contributed by atoms with Gasteiger partial charge >= 0.3 is 5.69 Å². The van der Waals surface area contributed by atoms with Gasteiger partial charge in [-0.1, -0.05) is 18.2 Å². The smallest absolute Gasteiger partial charge is 0.305 e. The lowest BCUT2D eigenvalue weighted by atomic mass is 10.1. The SMILES string of the molecule is CC(O)c1ccccc1Oc1ccc([N+](=O)[O-])c(F)c1. The van der Waals surface area contributed by atoms with Crippen molar-refractivity contribution in [2.45, 2.75) is 13.0 Å². The van der Waals surface area contributed by atoms with Crippen LogP contribution >= 0.6 is 0 Å². The molecule has 0 bridgehead atoms. The highest BCUT2D eigenvalue weighted by Crippen LogP contribution is 2.31. The van der Waals surface area contributed by atoms with Gasteiger partial charge in [0.25, 0.3) is 0 Å². The van der Waals surface area contributed by atoms with Crippen molar-refractivity contribution in [2.75, 3.05) is 0 Å². The van der Waals surface area contributed by atoms with Gasteiger partial charge in [0.2, 0.25) is 5.82 Å². The number of aliphatic hydroxyl groups excluding tert-OH is 1. The predicted octanol–water partition coefficient (Wildman–Crippen LogP) is 3.58. The average Bonchev–Trinajstić information content (AvgIpc) is 2.38. The molecule has 0 heterocycles. The van der Waals surface area contributed by atoms with Gasteiger partial charge in [-0.2, -0.15) is 4.39 Å². The van der Waals surface area contributed by atoms with Gasteiger partial charge in [0.1, 0.15) is 11.5 Å². The number of benzene rings is 2. The Labute approximate surface area is 114 Å². The third kappa shape index (κ3) is 2.92. The van der Waals surface area contributed by atoms with E-state index >= 15 is 0 Å². The summed E-state index contributed by atoms with van der Waals surface area (Å²) in [6.45, 7) is 1.58. The van der Waals surface area contributed by atoms with Crippen LogP contribution in [0.1, 0.15) is 18.6 Å². The van der Waals surface area contributed by atoms with E-state index < -0.39 is 22.5 Å². The second-order valence-electron chi connectivity index (χ2n) is 4.19. The molecule has 0 saturated heterocycles. The first-order valence-electron chi connectivity index (χ1n) is 5.88. The highest BCUT2D eigenvalue weighted by atomic mass is 19.1. The lowest BCUT2D eigenvalue weighted by Gasteiger charge is -2.12. The molecule has 0 aromatic heterocycles. The molecule has 5 nitrogen and oxygen atoms in total. The molecule has 1 unspecified atom stereocenters. The summed E-state index contributed by atoms with van der Waals surface area (Å²) < 4.78 is 19.0. The standard InChI is InChI=1S/C14H12FNO4/c1-9(17)11-4-2-3-5-14(11)20-10-6-7-13(16(18)19)12(15)8-10/h2-9,17H,1H3. The Morgan fingerprint density at radius 3 is 2.60 bits per heavy atom. The molecule has 0 fully saturated rings. The van der Waals surface area contributed by atoms with Gasteiger partial charge in [-0.15, -0.1) is 0 Å². The van der Waals surface area contributed by atoms with E-state index in [-0.39, 0.29) is 5.75 Å². The van der Waals surface area contributed by atoms with E-state index in [1.807, 2.05) is 0 Å². The fourth-order valence-corrected chi connectivity index (χ4v) is 1.74. The Balaban J connectivity index is 2.31. The van der Waals surface area contributed by atoms with Crippen molar-refractivity contribution in [1.82, 2.24) is 0 Å². The number of ether oxygens (including phenoxy) is 1. The molecule has 1 atom stereocenters. The summed E-state index contributed by atoms with van der Waals surface area (Å²) in [4.78, 5) is 9.72. The number of halogens is 1. The number of hydrogen-bond donors (Lipinski definition) is 1. The topological polar surface area (TPSA) is 72.6 Å². The molecule has 0 saturated carbocycles. The highest BCUT2D eigenvalue weighted by molar-refractivity contribution is 5.42. The van der Waals surface area contributed by atoms with Gasteiger partial charge in [0, 0.05) is 17.7 Å². The average molecular weight is 277 g/mol. The second-order valence-corrected chi connectivity index (χ2v) is 4.19. The zero-order chi connectivity index (χ0) is 14.7. The van der Waals surface area contributed by atoms with Gasteiger partial charge in [0.15, 0.2) is 0 Å². The Morgan fingerprint density at radius 2 is 2.00 bits per heavy atom. The van der Waals surface area contributed by atoms with Crippen molar-refractivity contribution in [2.24, 2.45) is 0 Å². The number of nitro groups is 1. The molecule has 104 valence electrons. The summed E-state index contributed by atoms with van der Waals surface area (Å²) in [5.74, 6) is -0.473. The second kappa shape index (κ2) is 5.66. The Morgan fingerprint density at radius 1 is 1.30 bits per heavy atom. The molecule has 0 radical (unpaired) electrons. The Hall–Kier alpha value is -2.47. The predicted molar refractivity (Wildman–Crippen MR) is 70.2 cm³/mol.